The molecule has 3 heteroatoms. The highest BCUT2D eigenvalue weighted by atomic mass is 16.7. The minimum Gasteiger partial charge on any atom is -0.403 e. The van der Waals surface area contributed by atoms with Gasteiger partial charge < -0.3 is 9.31 Å². The van der Waals surface area contributed by atoms with Crippen LogP contribution in [0.3, 0.4) is 0 Å². The lowest BCUT2D eigenvalue weighted by Crippen LogP contribution is -2.75. The summed E-state index contributed by atoms with van der Waals surface area (Å²) >= 11 is 0. The van der Waals surface area contributed by atoms with Gasteiger partial charge in [0.25, 0.3) is 0 Å². The standard InChI is InChI=1S/C23H33BO2/c1-20(2)21(3,4)26-24(25-20)16-22-14-23(15-22,18-12-6-5-7-13-18)19(22)17-10-8-9-11-17/h5-7,12-13,17,19H,8-11,14-16H2,1-4H3/t19-,22?,23?/m1/s1. The van der Waals surface area contributed by atoms with Crippen molar-refractivity contribution < 1.29 is 9.31 Å². The first-order chi connectivity index (χ1) is 12.3. The van der Waals surface area contributed by atoms with E-state index in [-0.39, 0.29) is 18.3 Å². The van der Waals surface area contributed by atoms with Crippen molar-refractivity contribution in [3.63, 3.8) is 0 Å². The van der Waals surface area contributed by atoms with Crippen LogP contribution in [0.5, 0.6) is 0 Å². The second-order valence-corrected chi connectivity index (χ2v) is 10.7. The Kier molecular flexibility index (Phi) is 3.58. The molecule has 2 bridgehead atoms. The van der Waals surface area contributed by atoms with Crippen molar-refractivity contribution >= 4 is 7.12 Å². The third-order valence-electron chi connectivity index (χ3n) is 8.69. The molecular weight excluding hydrogens is 319 g/mol. The molecular formula is C23H33BO2. The van der Waals surface area contributed by atoms with Gasteiger partial charge in [0.1, 0.15) is 0 Å². The van der Waals surface area contributed by atoms with Crippen molar-refractivity contribution in [3.8, 4) is 0 Å². The molecule has 26 heavy (non-hydrogen) atoms. The second-order valence-electron chi connectivity index (χ2n) is 10.7. The van der Waals surface area contributed by atoms with Crippen LogP contribution in [0.2, 0.25) is 6.32 Å². The molecule has 140 valence electrons. The minimum atomic E-state index is -0.207. The van der Waals surface area contributed by atoms with Crippen molar-refractivity contribution in [2.24, 2.45) is 17.3 Å². The lowest BCUT2D eigenvalue weighted by Gasteiger charge is -2.79. The summed E-state index contributed by atoms with van der Waals surface area (Å²) in [6, 6.07) is 11.4. The number of rotatable bonds is 4. The molecule has 1 heterocycles. The molecule has 5 aliphatic rings. The van der Waals surface area contributed by atoms with Gasteiger partial charge in [-0.2, -0.15) is 0 Å². The van der Waals surface area contributed by atoms with Crippen molar-refractivity contribution in [1.29, 1.82) is 0 Å². The number of hydrogen-bond acceptors (Lipinski definition) is 2. The van der Waals surface area contributed by atoms with Crippen LogP contribution in [-0.2, 0) is 14.7 Å². The summed E-state index contributed by atoms with van der Waals surface area (Å²) in [6.45, 7) is 8.70. The van der Waals surface area contributed by atoms with E-state index in [0.717, 1.165) is 18.2 Å². The van der Waals surface area contributed by atoms with Gasteiger partial charge in [0, 0.05) is 0 Å². The third-order valence-corrected chi connectivity index (χ3v) is 8.69. The van der Waals surface area contributed by atoms with E-state index in [1.54, 1.807) is 5.56 Å². The van der Waals surface area contributed by atoms with Gasteiger partial charge in [0.15, 0.2) is 0 Å². The predicted molar refractivity (Wildman–Crippen MR) is 106 cm³/mol. The van der Waals surface area contributed by atoms with Crippen LogP contribution in [0.15, 0.2) is 30.3 Å². The smallest absolute Gasteiger partial charge is 0.403 e. The number of hydrogen-bond donors (Lipinski definition) is 0. The summed E-state index contributed by atoms with van der Waals surface area (Å²) < 4.78 is 12.8. The van der Waals surface area contributed by atoms with Crippen LogP contribution in [-0.4, -0.2) is 18.3 Å². The molecule has 0 radical (unpaired) electrons. The van der Waals surface area contributed by atoms with E-state index in [2.05, 4.69) is 58.0 Å². The van der Waals surface area contributed by atoms with Gasteiger partial charge in [-0.25, -0.2) is 0 Å². The molecule has 1 aromatic rings. The molecule has 6 rings (SSSR count). The first kappa shape index (κ1) is 17.3. The fourth-order valence-electron chi connectivity index (χ4n) is 7.02. The summed E-state index contributed by atoms with van der Waals surface area (Å²) in [5, 5.41) is 0. The Hall–Kier alpha value is -0.795. The maximum atomic E-state index is 6.39. The molecule has 0 unspecified atom stereocenters. The molecule has 0 N–H and O–H groups in total. The second kappa shape index (κ2) is 5.38. The van der Waals surface area contributed by atoms with E-state index in [1.807, 2.05) is 0 Å². The molecule has 0 spiro atoms. The Balaban J connectivity index is 1.38. The van der Waals surface area contributed by atoms with Gasteiger partial charge in [-0.3, -0.25) is 0 Å². The highest BCUT2D eigenvalue weighted by Crippen LogP contribution is 2.82. The van der Waals surface area contributed by atoms with Gasteiger partial charge in [-0.1, -0.05) is 56.0 Å². The van der Waals surface area contributed by atoms with Gasteiger partial charge in [-0.15, -0.1) is 0 Å². The molecule has 1 atom stereocenters. The molecule has 4 saturated carbocycles. The van der Waals surface area contributed by atoms with Gasteiger partial charge in [0.05, 0.1) is 11.2 Å². The van der Waals surface area contributed by atoms with E-state index in [4.69, 9.17) is 9.31 Å². The predicted octanol–water partition coefficient (Wildman–Crippen LogP) is 5.62. The zero-order valence-electron chi connectivity index (χ0n) is 16.9. The fourth-order valence-corrected chi connectivity index (χ4v) is 7.02. The zero-order valence-corrected chi connectivity index (χ0v) is 16.9. The van der Waals surface area contributed by atoms with Crippen LogP contribution in [0.1, 0.15) is 71.8 Å². The summed E-state index contributed by atoms with van der Waals surface area (Å²) in [5.74, 6) is 1.76. The lowest BCUT2D eigenvalue weighted by molar-refractivity contribution is -0.234. The summed E-state index contributed by atoms with van der Waals surface area (Å²) in [7, 11) is -0.0297. The van der Waals surface area contributed by atoms with E-state index in [1.165, 1.54) is 38.5 Å². The average molecular weight is 352 g/mol. The van der Waals surface area contributed by atoms with Crippen molar-refractivity contribution in [2.75, 3.05) is 0 Å². The van der Waals surface area contributed by atoms with Crippen LogP contribution in [0.4, 0.5) is 0 Å². The van der Waals surface area contributed by atoms with E-state index < -0.39 is 0 Å². The normalized spacial score (nSPS) is 40.3. The largest absolute Gasteiger partial charge is 0.458 e. The number of benzene rings is 1. The van der Waals surface area contributed by atoms with Crippen LogP contribution < -0.4 is 0 Å². The summed E-state index contributed by atoms with van der Waals surface area (Å²) in [5.41, 5.74) is 2.10. The summed E-state index contributed by atoms with van der Waals surface area (Å²) in [6.07, 6.45) is 9.51. The molecule has 1 aromatic carbocycles. The minimum absolute atomic E-state index is 0.0297. The van der Waals surface area contributed by atoms with E-state index in [9.17, 15) is 0 Å². The highest BCUT2D eigenvalue weighted by Gasteiger charge is 2.77. The Bertz CT molecular complexity index is 667. The van der Waals surface area contributed by atoms with Crippen LogP contribution >= 0.6 is 0 Å². The van der Waals surface area contributed by atoms with Crippen LogP contribution in [0.25, 0.3) is 0 Å². The highest BCUT2D eigenvalue weighted by molar-refractivity contribution is 6.45. The molecule has 1 aliphatic heterocycles. The van der Waals surface area contributed by atoms with Gasteiger partial charge in [0.2, 0.25) is 0 Å². The topological polar surface area (TPSA) is 18.5 Å². The van der Waals surface area contributed by atoms with E-state index >= 15 is 0 Å². The maximum absolute atomic E-state index is 6.39. The zero-order chi connectivity index (χ0) is 18.2. The summed E-state index contributed by atoms with van der Waals surface area (Å²) in [4.78, 5) is 0. The van der Waals surface area contributed by atoms with E-state index in [0.29, 0.717) is 10.8 Å². The average Bonchev–Trinajstić information content (AvgIpc) is 3.09. The van der Waals surface area contributed by atoms with Crippen LogP contribution in [0, 0.1) is 17.3 Å². The Morgan fingerprint density at radius 1 is 0.923 bits per heavy atom. The van der Waals surface area contributed by atoms with Crippen molar-refractivity contribution in [3.05, 3.63) is 35.9 Å². The molecule has 4 aliphatic carbocycles. The monoisotopic (exact) mass is 352 g/mol. The van der Waals surface area contributed by atoms with Gasteiger partial charge in [-0.05, 0) is 75.1 Å². The molecule has 2 nitrogen and oxygen atoms in total. The third kappa shape index (κ3) is 2.19. The fraction of sp³-hybridized carbons (Fsp3) is 0.739. The Labute approximate surface area is 159 Å². The Morgan fingerprint density at radius 2 is 1.50 bits per heavy atom. The first-order valence-electron chi connectivity index (χ1n) is 10.7. The van der Waals surface area contributed by atoms with Crippen molar-refractivity contribution in [2.45, 2.75) is 89.2 Å². The molecule has 1 saturated heterocycles. The Morgan fingerprint density at radius 3 is 2.08 bits per heavy atom. The van der Waals surface area contributed by atoms with Gasteiger partial charge >= 0.3 is 7.12 Å². The SMILES string of the molecule is CC1(C)OB(CC23CC(c4ccccc4)(C2)[C@@H]3C2CCCC2)OC1(C)C. The van der Waals surface area contributed by atoms with Crippen molar-refractivity contribution in [1.82, 2.24) is 0 Å². The first-order valence-corrected chi connectivity index (χ1v) is 10.7. The molecule has 0 amide bonds. The quantitative estimate of drug-likeness (QED) is 0.655. The lowest BCUT2D eigenvalue weighted by atomic mass is 9.23. The molecule has 0 aromatic heterocycles. The maximum Gasteiger partial charge on any atom is 0.458 e. The molecule has 5 fully saturated rings.